The molecule has 0 atom stereocenters. The first-order valence-electron chi connectivity index (χ1n) is 7.09. The lowest BCUT2D eigenvalue weighted by atomic mass is 10.1. The summed E-state index contributed by atoms with van der Waals surface area (Å²) in [5.41, 5.74) is 5.30. The number of amides is 2. The highest BCUT2D eigenvalue weighted by Gasteiger charge is 2.15. The molecule has 0 aliphatic rings. The van der Waals surface area contributed by atoms with E-state index in [0.717, 1.165) is 0 Å². The van der Waals surface area contributed by atoms with E-state index in [1.54, 1.807) is 12.1 Å². The summed E-state index contributed by atoms with van der Waals surface area (Å²) < 4.78 is 9.66. The highest BCUT2D eigenvalue weighted by Crippen LogP contribution is 2.22. The number of carbonyl (C=O) groups excluding carboxylic acids is 3. The summed E-state index contributed by atoms with van der Waals surface area (Å²) in [6.07, 6.45) is 0. The first-order valence-corrected chi connectivity index (χ1v) is 7.46. The predicted octanol–water partition coefficient (Wildman–Crippen LogP) is 2.21. The van der Waals surface area contributed by atoms with Gasteiger partial charge in [-0.15, -0.1) is 0 Å². The van der Waals surface area contributed by atoms with Crippen molar-refractivity contribution in [1.29, 1.82) is 0 Å². The van der Waals surface area contributed by atoms with Gasteiger partial charge in [0.2, 0.25) is 0 Å². The second kappa shape index (κ2) is 8.16. The summed E-state index contributed by atoms with van der Waals surface area (Å²) >= 11 is 5.87. The van der Waals surface area contributed by atoms with Gasteiger partial charge < -0.3 is 9.47 Å². The largest absolute Gasteiger partial charge is 0.496 e. The first kappa shape index (κ1) is 18.3. The molecule has 130 valence electrons. The van der Waals surface area contributed by atoms with Gasteiger partial charge in [-0.3, -0.25) is 20.4 Å². The fourth-order valence-electron chi connectivity index (χ4n) is 1.99. The van der Waals surface area contributed by atoms with Gasteiger partial charge in [-0.1, -0.05) is 11.6 Å². The number of rotatable bonds is 4. The van der Waals surface area contributed by atoms with Crippen molar-refractivity contribution < 1.29 is 23.9 Å². The van der Waals surface area contributed by atoms with E-state index in [1.165, 1.54) is 44.6 Å². The Balaban J connectivity index is 2.03. The first-order chi connectivity index (χ1) is 12.0. The van der Waals surface area contributed by atoms with Gasteiger partial charge in [-0.2, -0.15) is 0 Å². The molecule has 2 aromatic carbocycles. The van der Waals surface area contributed by atoms with Crippen molar-refractivity contribution >= 4 is 29.4 Å². The molecule has 2 rings (SSSR count). The van der Waals surface area contributed by atoms with Gasteiger partial charge in [-0.25, -0.2) is 4.79 Å². The Bertz CT molecular complexity index is 805. The fourth-order valence-corrected chi connectivity index (χ4v) is 2.16. The second-order valence-corrected chi connectivity index (χ2v) is 5.26. The van der Waals surface area contributed by atoms with Crippen LogP contribution >= 0.6 is 11.6 Å². The van der Waals surface area contributed by atoms with Crippen LogP contribution in [-0.2, 0) is 4.74 Å². The second-order valence-electron chi connectivity index (χ2n) is 4.82. The normalized spacial score (nSPS) is 9.88. The van der Waals surface area contributed by atoms with Crippen LogP contribution in [-0.4, -0.2) is 32.0 Å². The van der Waals surface area contributed by atoms with E-state index in [9.17, 15) is 14.4 Å². The van der Waals surface area contributed by atoms with E-state index < -0.39 is 17.8 Å². The number of carbonyl (C=O) groups is 3. The van der Waals surface area contributed by atoms with Crippen molar-refractivity contribution in [2.45, 2.75) is 0 Å². The summed E-state index contributed by atoms with van der Waals surface area (Å²) in [7, 11) is 2.68. The average Bonchev–Trinajstić information content (AvgIpc) is 2.65. The third-order valence-electron chi connectivity index (χ3n) is 3.26. The van der Waals surface area contributed by atoms with Crippen LogP contribution < -0.4 is 15.6 Å². The quantitative estimate of drug-likeness (QED) is 0.642. The molecule has 8 heteroatoms. The van der Waals surface area contributed by atoms with Crippen molar-refractivity contribution in [1.82, 2.24) is 10.9 Å². The summed E-state index contributed by atoms with van der Waals surface area (Å²) in [6, 6.07) is 10.3. The van der Waals surface area contributed by atoms with Gasteiger partial charge in [-0.05, 0) is 42.5 Å². The van der Waals surface area contributed by atoms with Gasteiger partial charge >= 0.3 is 5.97 Å². The Hall–Kier alpha value is -3.06. The lowest BCUT2D eigenvalue weighted by Gasteiger charge is -2.11. The molecule has 2 N–H and O–H groups in total. The maximum atomic E-state index is 12.2. The zero-order chi connectivity index (χ0) is 18.4. The summed E-state index contributed by atoms with van der Waals surface area (Å²) in [6.45, 7) is 0. The van der Waals surface area contributed by atoms with Crippen LogP contribution in [0.15, 0.2) is 42.5 Å². The van der Waals surface area contributed by atoms with E-state index >= 15 is 0 Å². The molecule has 0 spiro atoms. The summed E-state index contributed by atoms with van der Waals surface area (Å²) in [5.74, 6) is -1.32. The van der Waals surface area contributed by atoms with Gasteiger partial charge in [0.15, 0.2) is 0 Å². The standard InChI is InChI=1S/C17H15ClN2O5/c1-24-14-8-7-12(18)9-13(14)16(22)20-19-15(21)10-3-5-11(6-4-10)17(23)25-2/h3-9H,1-2H3,(H,19,21)(H,20,22). The van der Waals surface area contributed by atoms with Crippen LogP contribution in [0.3, 0.4) is 0 Å². The number of halogens is 1. The van der Waals surface area contributed by atoms with E-state index in [4.69, 9.17) is 16.3 Å². The van der Waals surface area contributed by atoms with Crippen LogP contribution in [0.4, 0.5) is 0 Å². The number of esters is 1. The Morgan fingerprint density at radius 2 is 1.48 bits per heavy atom. The lowest BCUT2D eigenvalue weighted by molar-refractivity contribution is 0.0600. The van der Waals surface area contributed by atoms with E-state index in [2.05, 4.69) is 15.6 Å². The minimum absolute atomic E-state index is 0.177. The van der Waals surface area contributed by atoms with Crippen molar-refractivity contribution in [3.8, 4) is 5.75 Å². The van der Waals surface area contributed by atoms with Gasteiger partial charge in [0.25, 0.3) is 11.8 Å². The summed E-state index contributed by atoms with van der Waals surface area (Å²) in [4.78, 5) is 35.6. The molecule has 7 nitrogen and oxygen atoms in total. The number of benzene rings is 2. The maximum absolute atomic E-state index is 12.2. The van der Waals surface area contributed by atoms with Crippen LogP contribution in [0.2, 0.25) is 5.02 Å². The lowest BCUT2D eigenvalue weighted by Crippen LogP contribution is -2.41. The fraction of sp³-hybridized carbons (Fsp3) is 0.118. The number of hydrogen-bond donors (Lipinski definition) is 2. The van der Waals surface area contributed by atoms with E-state index in [-0.39, 0.29) is 11.1 Å². The van der Waals surface area contributed by atoms with Gasteiger partial charge in [0.05, 0.1) is 25.3 Å². The Kier molecular flexibility index (Phi) is 5.97. The molecular formula is C17H15ClN2O5. The smallest absolute Gasteiger partial charge is 0.337 e. The Labute approximate surface area is 148 Å². The van der Waals surface area contributed by atoms with E-state index in [1.807, 2.05) is 0 Å². The minimum Gasteiger partial charge on any atom is -0.496 e. The minimum atomic E-state index is -0.584. The molecule has 0 aliphatic carbocycles. The number of hydrazine groups is 1. The van der Waals surface area contributed by atoms with Crippen LogP contribution in [0.25, 0.3) is 0 Å². The number of methoxy groups -OCH3 is 2. The Morgan fingerprint density at radius 3 is 2.08 bits per heavy atom. The van der Waals surface area contributed by atoms with Crippen LogP contribution in [0, 0.1) is 0 Å². The molecule has 0 aromatic heterocycles. The topological polar surface area (TPSA) is 93.7 Å². The number of ether oxygens (including phenoxy) is 2. The zero-order valence-corrected chi connectivity index (χ0v) is 14.2. The molecule has 2 amide bonds. The summed E-state index contributed by atoms with van der Waals surface area (Å²) in [5, 5.41) is 0.357. The van der Waals surface area contributed by atoms with Crippen molar-refractivity contribution in [3.05, 3.63) is 64.2 Å². The van der Waals surface area contributed by atoms with Crippen LogP contribution in [0.5, 0.6) is 5.75 Å². The van der Waals surface area contributed by atoms with Crippen molar-refractivity contribution in [3.63, 3.8) is 0 Å². The van der Waals surface area contributed by atoms with Crippen LogP contribution in [0.1, 0.15) is 31.1 Å². The highest BCUT2D eigenvalue weighted by atomic mass is 35.5. The molecule has 0 unspecified atom stereocenters. The molecule has 0 saturated carbocycles. The molecule has 0 aliphatic heterocycles. The molecule has 0 radical (unpaired) electrons. The molecule has 0 bridgehead atoms. The Morgan fingerprint density at radius 1 is 0.880 bits per heavy atom. The monoisotopic (exact) mass is 362 g/mol. The molecular weight excluding hydrogens is 348 g/mol. The highest BCUT2D eigenvalue weighted by molar-refractivity contribution is 6.31. The average molecular weight is 363 g/mol. The maximum Gasteiger partial charge on any atom is 0.337 e. The predicted molar refractivity (Wildman–Crippen MR) is 90.7 cm³/mol. The number of nitrogens with one attached hydrogen (secondary N) is 2. The van der Waals surface area contributed by atoms with Crippen molar-refractivity contribution in [2.24, 2.45) is 0 Å². The molecule has 25 heavy (non-hydrogen) atoms. The van der Waals surface area contributed by atoms with E-state index in [0.29, 0.717) is 16.3 Å². The third-order valence-corrected chi connectivity index (χ3v) is 3.50. The zero-order valence-electron chi connectivity index (χ0n) is 13.5. The SMILES string of the molecule is COC(=O)c1ccc(C(=O)NNC(=O)c2cc(Cl)ccc2OC)cc1. The van der Waals surface area contributed by atoms with Crippen molar-refractivity contribution in [2.75, 3.05) is 14.2 Å². The molecule has 0 heterocycles. The number of hydrogen-bond acceptors (Lipinski definition) is 5. The molecule has 0 saturated heterocycles. The molecule has 0 fully saturated rings. The van der Waals surface area contributed by atoms with Gasteiger partial charge in [0, 0.05) is 10.6 Å². The van der Waals surface area contributed by atoms with Gasteiger partial charge in [0.1, 0.15) is 5.75 Å². The third kappa shape index (κ3) is 4.48. The molecule has 2 aromatic rings.